The maximum Gasteiger partial charge on any atom is 0.128 e. The fourth-order valence-electron chi connectivity index (χ4n) is 2.19. The molecule has 1 aromatic rings. The van der Waals surface area contributed by atoms with E-state index in [4.69, 9.17) is 16.3 Å². The zero-order chi connectivity index (χ0) is 13.0. The number of nitrogens with one attached hydrogen (secondary N) is 1. The molecule has 0 aromatic carbocycles. The monoisotopic (exact) mass is 269 g/mol. The molecule has 1 aromatic heterocycles. The van der Waals surface area contributed by atoms with Gasteiger partial charge in [-0.1, -0.05) is 11.6 Å². The topological polar surface area (TPSA) is 37.4 Å². The highest BCUT2D eigenvalue weighted by atomic mass is 35.5. The first kappa shape index (κ1) is 13.6. The highest BCUT2D eigenvalue weighted by molar-refractivity contribution is 6.31. The number of nitrogens with zero attached hydrogens (tertiary/aromatic N) is 2. The van der Waals surface area contributed by atoms with Crippen LogP contribution in [0, 0.1) is 0 Å². The quantitative estimate of drug-likeness (QED) is 0.888. The van der Waals surface area contributed by atoms with Crippen LogP contribution in [0.1, 0.15) is 18.4 Å². The normalized spacial score (nSPS) is 19.2. The summed E-state index contributed by atoms with van der Waals surface area (Å²) in [7, 11) is 3.95. The highest BCUT2D eigenvalue weighted by Crippen LogP contribution is 2.21. The first-order chi connectivity index (χ1) is 8.70. The van der Waals surface area contributed by atoms with Gasteiger partial charge in [0.15, 0.2) is 0 Å². The van der Waals surface area contributed by atoms with Crippen molar-refractivity contribution in [2.45, 2.75) is 25.5 Å². The Morgan fingerprint density at radius 1 is 1.61 bits per heavy atom. The van der Waals surface area contributed by atoms with Crippen molar-refractivity contribution in [3.8, 4) is 0 Å². The van der Waals surface area contributed by atoms with Crippen molar-refractivity contribution in [3.63, 3.8) is 0 Å². The molecule has 1 fully saturated rings. The summed E-state index contributed by atoms with van der Waals surface area (Å²) >= 11 is 6.10. The van der Waals surface area contributed by atoms with Crippen LogP contribution >= 0.6 is 11.6 Å². The van der Waals surface area contributed by atoms with Crippen molar-refractivity contribution in [2.24, 2.45) is 0 Å². The van der Waals surface area contributed by atoms with Gasteiger partial charge >= 0.3 is 0 Å². The van der Waals surface area contributed by atoms with Gasteiger partial charge in [0, 0.05) is 32.9 Å². The van der Waals surface area contributed by atoms with E-state index < -0.39 is 0 Å². The van der Waals surface area contributed by atoms with Gasteiger partial charge in [-0.3, -0.25) is 0 Å². The van der Waals surface area contributed by atoms with Crippen LogP contribution in [-0.2, 0) is 11.3 Å². The second-order valence-electron chi connectivity index (χ2n) is 4.68. The van der Waals surface area contributed by atoms with Gasteiger partial charge in [0.05, 0.1) is 11.1 Å². The summed E-state index contributed by atoms with van der Waals surface area (Å²) in [5, 5.41) is 3.82. The lowest BCUT2D eigenvalue weighted by Gasteiger charge is -2.22. The van der Waals surface area contributed by atoms with Gasteiger partial charge in [0.1, 0.15) is 5.82 Å². The van der Waals surface area contributed by atoms with Gasteiger partial charge in [0.2, 0.25) is 0 Å². The number of pyridine rings is 1. The van der Waals surface area contributed by atoms with Crippen LogP contribution in [0.3, 0.4) is 0 Å². The van der Waals surface area contributed by atoms with Gasteiger partial charge < -0.3 is 15.0 Å². The molecule has 0 radical (unpaired) electrons. The summed E-state index contributed by atoms with van der Waals surface area (Å²) in [6, 6.07) is 2.04. The standard InChI is InChI=1S/C13H20ClN3O/c1-15-7-10-6-13(16-8-12(10)14)17(2)9-11-4-3-5-18-11/h6,8,11,15H,3-5,7,9H2,1-2H3. The minimum Gasteiger partial charge on any atom is -0.376 e. The Hall–Kier alpha value is -0.840. The summed E-state index contributed by atoms with van der Waals surface area (Å²) in [6.07, 6.45) is 4.36. The van der Waals surface area contributed by atoms with Crippen LogP contribution in [0.4, 0.5) is 5.82 Å². The molecule has 1 N–H and O–H groups in total. The summed E-state index contributed by atoms with van der Waals surface area (Å²) < 4.78 is 5.64. The van der Waals surface area contributed by atoms with Crippen molar-refractivity contribution < 1.29 is 4.74 Å². The highest BCUT2D eigenvalue weighted by Gasteiger charge is 2.18. The summed E-state index contributed by atoms with van der Waals surface area (Å²) in [6.45, 7) is 2.52. The third-order valence-corrected chi connectivity index (χ3v) is 3.52. The van der Waals surface area contributed by atoms with E-state index in [1.165, 1.54) is 0 Å². The van der Waals surface area contributed by atoms with Gasteiger partial charge in [-0.15, -0.1) is 0 Å². The molecular formula is C13H20ClN3O. The molecule has 0 saturated carbocycles. The molecule has 100 valence electrons. The van der Waals surface area contributed by atoms with Crippen LogP contribution in [0.25, 0.3) is 0 Å². The zero-order valence-electron chi connectivity index (χ0n) is 10.9. The first-order valence-electron chi connectivity index (χ1n) is 6.32. The Bertz CT molecular complexity index is 394. The van der Waals surface area contributed by atoms with Crippen molar-refractivity contribution in [1.29, 1.82) is 0 Å². The number of halogens is 1. The van der Waals surface area contributed by atoms with Crippen molar-refractivity contribution in [3.05, 3.63) is 22.8 Å². The predicted molar refractivity (Wildman–Crippen MR) is 74.3 cm³/mol. The number of ether oxygens (including phenoxy) is 1. The van der Waals surface area contributed by atoms with Gasteiger partial charge in [-0.25, -0.2) is 4.98 Å². The Labute approximate surface area is 113 Å². The summed E-state index contributed by atoms with van der Waals surface area (Å²) in [4.78, 5) is 6.50. The van der Waals surface area contributed by atoms with E-state index in [-0.39, 0.29) is 0 Å². The maximum absolute atomic E-state index is 6.10. The van der Waals surface area contributed by atoms with E-state index in [0.29, 0.717) is 11.1 Å². The molecule has 1 saturated heterocycles. The Balaban J connectivity index is 2.04. The van der Waals surface area contributed by atoms with E-state index in [9.17, 15) is 0 Å². The third kappa shape index (κ3) is 3.34. The average Bonchev–Trinajstić information content (AvgIpc) is 2.85. The van der Waals surface area contributed by atoms with E-state index >= 15 is 0 Å². The van der Waals surface area contributed by atoms with Crippen LogP contribution in [0.15, 0.2) is 12.3 Å². The average molecular weight is 270 g/mol. The molecule has 0 amide bonds. The molecule has 0 bridgehead atoms. The molecule has 1 unspecified atom stereocenters. The smallest absolute Gasteiger partial charge is 0.128 e. The van der Waals surface area contributed by atoms with Crippen LogP contribution < -0.4 is 10.2 Å². The van der Waals surface area contributed by atoms with Crippen LogP contribution in [0.5, 0.6) is 0 Å². The molecule has 4 nitrogen and oxygen atoms in total. The second kappa shape index (κ2) is 6.36. The van der Waals surface area contributed by atoms with E-state index in [2.05, 4.69) is 15.2 Å². The molecule has 1 atom stereocenters. The lowest BCUT2D eigenvalue weighted by molar-refractivity contribution is 0.116. The largest absolute Gasteiger partial charge is 0.376 e. The molecular weight excluding hydrogens is 250 g/mol. The van der Waals surface area contributed by atoms with Crippen molar-refractivity contribution >= 4 is 17.4 Å². The minimum atomic E-state index is 0.334. The first-order valence-corrected chi connectivity index (χ1v) is 6.70. The van der Waals surface area contributed by atoms with Crippen LogP contribution in [-0.4, -0.2) is 38.3 Å². The fraction of sp³-hybridized carbons (Fsp3) is 0.615. The summed E-state index contributed by atoms with van der Waals surface area (Å²) in [5.74, 6) is 0.945. The van der Waals surface area contributed by atoms with Gasteiger partial charge in [0.25, 0.3) is 0 Å². The molecule has 18 heavy (non-hydrogen) atoms. The van der Waals surface area contributed by atoms with E-state index in [1.807, 2.05) is 20.2 Å². The molecule has 0 spiro atoms. The lowest BCUT2D eigenvalue weighted by atomic mass is 10.2. The molecule has 2 heterocycles. The SMILES string of the molecule is CNCc1cc(N(C)CC2CCCO2)ncc1Cl. The number of anilines is 1. The maximum atomic E-state index is 6.10. The Kier molecular flexibility index (Phi) is 4.80. The van der Waals surface area contributed by atoms with E-state index in [0.717, 1.165) is 43.9 Å². The molecule has 1 aliphatic rings. The summed E-state index contributed by atoms with van der Waals surface area (Å²) in [5.41, 5.74) is 1.07. The Morgan fingerprint density at radius 3 is 3.11 bits per heavy atom. The number of aromatic nitrogens is 1. The molecule has 1 aliphatic heterocycles. The predicted octanol–water partition coefficient (Wildman–Crippen LogP) is 2.07. The third-order valence-electron chi connectivity index (χ3n) is 3.18. The number of likely N-dealkylation sites (N-methyl/N-ethyl adjacent to an activating group) is 1. The second-order valence-corrected chi connectivity index (χ2v) is 5.09. The molecule has 2 rings (SSSR count). The fourth-order valence-corrected chi connectivity index (χ4v) is 2.36. The van der Waals surface area contributed by atoms with Gasteiger partial charge in [-0.2, -0.15) is 0 Å². The van der Waals surface area contributed by atoms with Crippen molar-refractivity contribution in [1.82, 2.24) is 10.3 Å². The zero-order valence-corrected chi connectivity index (χ0v) is 11.7. The minimum absolute atomic E-state index is 0.334. The number of hydrogen-bond donors (Lipinski definition) is 1. The van der Waals surface area contributed by atoms with Gasteiger partial charge in [-0.05, 0) is 31.5 Å². The molecule has 5 heteroatoms. The Morgan fingerprint density at radius 2 is 2.44 bits per heavy atom. The van der Waals surface area contributed by atoms with E-state index in [1.54, 1.807) is 6.20 Å². The number of hydrogen-bond acceptors (Lipinski definition) is 4. The van der Waals surface area contributed by atoms with Crippen LogP contribution in [0.2, 0.25) is 5.02 Å². The number of rotatable bonds is 5. The van der Waals surface area contributed by atoms with Crippen molar-refractivity contribution in [2.75, 3.05) is 32.1 Å². The lowest BCUT2D eigenvalue weighted by Crippen LogP contribution is -2.29. The molecule has 0 aliphatic carbocycles.